The lowest BCUT2D eigenvalue weighted by Crippen LogP contribution is -2.38. The highest BCUT2D eigenvalue weighted by Gasteiger charge is 2.37. The number of aryl methyl sites for hydroxylation is 2. The van der Waals surface area contributed by atoms with Gasteiger partial charge in [0.1, 0.15) is 5.82 Å². The fourth-order valence-corrected chi connectivity index (χ4v) is 4.61. The summed E-state index contributed by atoms with van der Waals surface area (Å²) in [6, 6.07) is 5.77. The molecule has 5 heterocycles. The molecule has 0 bridgehead atoms. The molecule has 0 radical (unpaired) electrons. The first-order chi connectivity index (χ1) is 16.2. The molecule has 0 saturated carbocycles. The summed E-state index contributed by atoms with van der Waals surface area (Å²) in [6.45, 7) is 4.63. The van der Waals surface area contributed by atoms with Crippen LogP contribution in [0.3, 0.4) is 0 Å². The average Bonchev–Trinajstić information content (AvgIpc) is 3.43. The van der Waals surface area contributed by atoms with Crippen molar-refractivity contribution in [2.24, 2.45) is 0 Å². The number of alkyl halides is 3. The third-order valence-electron chi connectivity index (χ3n) is 6.44. The van der Waals surface area contributed by atoms with E-state index in [9.17, 15) is 18.0 Å². The number of halogens is 3. The van der Waals surface area contributed by atoms with Crippen LogP contribution >= 0.6 is 0 Å². The zero-order chi connectivity index (χ0) is 24.0. The van der Waals surface area contributed by atoms with Gasteiger partial charge in [0.2, 0.25) is 5.91 Å². The Balaban J connectivity index is 1.24. The predicted octanol–water partition coefficient (Wildman–Crippen LogP) is 3.14. The van der Waals surface area contributed by atoms with Gasteiger partial charge < -0.3 is 4.90 Å². The Kier molecular flexibility index (Phi) is 5.45. The quantitative estimate of drug-likeness (QED) is 0.453. The summed E-state index contributed by atoms with van der Waals surface area (Å²) in [5, 5.41) is 12.1. The number of aromatic nitrogens is 7. The summed E-state index contributed by atoms with van der Waals surface area (Å²) in [5.74, 6) is -0.162. The molecule has 0 aromatic carbocycles. The molecule has 9 nitrogen and oxygen atoms in total. The molecule has 1 aliphatic heterocycles. The van der Waals surface area contributed by atoms with E-state index < -0.39 is 12.0 Å². The highest BCUT2D eigenvalue weighted by atomic mass is 19.4. The van der Waals surface area contributed by atoms with E-state index in [0.29, 0.717) is 36.5 Å². The fraction of sp³-hybridized carbons (Fsp3) is 0.455. The molecule has 1 aliphatic rings. The summed E-state index contributed by atoms with van der Waals surface area (Å²) in [5.41, 5.74) is 2.58. The first-order valence-electron chi connectivity index (χ1n) is 11.1. The molecule has 0 N–H and O–H groups in total. The van der Waals surface area contributed by atoms with E-state index >= 15 is 0 Å². The number of hydrogen-bond donors (Lipinski definition) is 0. The van der Waals surface area contributed by atoms with Crippen LogP contribution in [-0.4, -0.2) is 58.1 Å². The number of amides is 1. The van der Waals surface area contributed by atoms with Crippen LogP contribution in [0.5, 0.6) is 0 Å². The van der Waals surface area contributed by atoms with Crippen molar-refractivity contribution in [2.75, 3.05) is 13.1 Å². The van der Waals surface area contributed by atoms with E-state index in [1.54, 1.807) is 13.8 Å². The van der Waals surface area contributed by atoms with Gasteiger partial charge in [-0.3, -0.25) is 9.20 Å². The zero-order valence-corrected chi connectivity index (χ0v) is 18.7. The molecule has 5 rings (SSSR count). The molecular weight excluding hydrogens is 449 g/mol. The van der Waals surface area contributed by atoms with Crippen LogP contribution in [0, 0.1) is 13.8 Å². The second-order valence-corrected chi connectivity index (χ2v) is 8.55. The summed E-state index contributed by atoms with van der Waals surface area (Å²) in [7, 11) is 0. The molecule has 178 valence electrons. The van der Waals surface area contributed by atoms with Gasteiger partial charge >= 0.3 is 6.18 Å². The molecule has 0 spiro atoms. The van der Waals surface area contributed by atoms with E-state index in [1.165, 1.54) is 0 Å². The number of piperidine rings is 1. The Morgan fingerprint density at radius 1 is 1.12 bits per heavy atom. The lowest BCUT2D eigenvalue weighted by molar-refractivity contribution is -0.144. The smallest absolute Gasteiger partial charge is 0.343 e. The van der Waals surface area contributed by atoms with Gasteiger partial charge in [-0.15, -0.1) is 15.3 Å². The molecule has 4 aromatic heterocycles. The van der Waals surface area contributed by atoms with Gasteiger partial charge in [0.05, 0.1) is 0 Å². The number of rotatable bonds is 4. The number of likely N-dealkylation sites (tertiary alicyclic amines) is 1. The molecule has 1 saturated heterocycles. The standard InChI is InChI=1S/C22H23F3N8O/c1-13-16(14(2)33-21(26-13)27-20(30-33)22(23,24)25)6-7-18(34)31-11-8-15(9-12-31)19-29-28-17-5-3-4-10-32(17)19/h3-5,10,15H,6-9,11-12H2,1-2H3. The summed E-state index contributed by atoms with van der Waals surface area (Å²) >= 11 is 0. The minimum absolute atomic E-state index is 0.0121. The predicted molar refractivity (Wildman–Crippen MR) is 115 cm³/mol. The van der Waals surface area contributed by atoms with Crippen LogP contribution in [0.25, 0.3) is 11.4 Å². The molecule has 12 heteroatoms. The zero-order valence-electron chi connectivity index (χ0n) is 18.7. The number of carbonyl (C=O) groups excluding carboxylic acids is 1. The minimum Gasteiger partial charge on any atom is -0.343 e. The summed E-state index contributed by atoms with van der Waals surface area (Å²) in [6.07, 6.45) is -0.485. The van der Waals surface area contributed by atoms with Crippen LogP contribution in [0.2, 0.25) is 0 Å². The number of fused-ring (bicyclic) bond motifs is 2. The molecule has 1 amide bonds. The van der Waals surface area contributed by atoms with Gasteiger partial charge in [-0.25, -0.2) is 9.50 Å². The van der Waals surface area contributed by atoms with Gasteiger partial charge in [0.15, 0.2) is 5.65 Å². The van der Waals surface area contributed by atoms with Crippen LogP contribution in [-0.2, 0) is 17.4 Å². The molecule has 34 heavy (non-hydrogen) atoms. The number of carbonyl (C=O) groups is 1. The van der Waals surface area contributed by atoms with Crippen molar-refractivity contribution in [3.63, 3.8) is 0 Å². The highest BCUT2D eigenvalue weighted by Crippen LogP contribution is 2.29. The first kappa shape index (κ1) is 22.2. The van der Waals surface area contributed by atoms with Crippen molar-refractivity contribution in [1.82, 2.24) is 39.1 Å². The highest BCUT2D eigenvalue weighted by molar-refractivity contribution is 5.76. The van der Waals surface area contributed by atoms with Gasteiger partial charge in [0.25, 0.3) is 11.6 Å². The second-order valence-electron chi connectivity index (χ2n) is 8.55. The maximum Gasteiger partial charge on any atom is 0.453 e. The number of nitrogens with zero attached hydrogens (tertiary/aromatic N) is 8. The maximum absolute atomic E-state index is 13.0. The number of hydrogen-bond acceptors (Lipinski definition) is 6. The van der Waals surface area contributed by atoms with Crippen molar-refractivity contribution >= 4 is 17.3 Å². The van der Waals surface area contributed by atoms with E-state index in [2.05, 4.69) is 25.3 Å². The fourth-order valence-electron chi connectivity index (χ4n) is 4.61. The SMILES string of the molecule is Cc1nc2nc(C(F)(F)F)nn2c(C)c1CCC(=O)N1CCC(c2nnc3ccccn23)CC1. The van der Waals surface area contributed by atoms with Crippen LogP contribution < -0.4 is 0 Å². The Morgan fingerprint density at radius 3 is 2.62 bits per heavy atom. The lowest BCUT2D eigenvalue weighted by Gasteiger charge is -2.31. The molecule has 4 aromatic rings. The van der Waals surface area contributed by atoms with Crippen molar-refractivity contribution < 1.29 is 18.0 Å². The average molecular weight is 472 g/mol. The Hall–Kier alpha value is -3.57. The third-order valence-corrected chi connectivity index (χ3v) is 6.44. The largest absolute Gasteiger partial charge is 0.453 e. The van der Waals surface area contributed by atoms with Crippen molar-refractivity contribution in [2.45, 2.75) is 51.6 Å². The van der Waals surface area contributed by atoms with Gasteiger partial charge in [-0.2, -0.15) is 18.2 Å². The first-order valence-corrected chi connectivity index (χ1v) is 11.1. The summed E-state index contributed by atoms with van der Waals surface area (Å²) in [4.78, 5) is 22.4. The Labute approximate surface area is 192 Å². The lowest BCUT2D eigenvalue weighted by atomic mass is 9.95. The molecule has 0 atom stereocenters. The van der Waals surface area contributed by atoms with Gasteiger partial charge in [0, 0.05) is 43.0 Å². The Bertz CT molecular complexity index is 1370. The molecule has 0 aliphatic carbocycles. The third kappa shape index (κ3) is 3.97. The van der Waals surface area contributed by atoms with E-state index in [0.717, 1.165) is 28.8 Å². The second kappa shape index (κ2) is 8.33. The van der Waals surface area contributed by atoms with E-state index in [1.807, 2.05) is 33.7 Å². The topological polar surface area (TPSA) is 93.6 Å². The molecule has 0 unspecified atom stereocenters. The van der Waals surface area contributed by atoms with Crippen LogP contribution in [0.15, 0.2) is 24.4 Å². The monoisotopic (exact) mass is 472 g/mol. The molecule has 1 fully saturated rings. The van der Waals surface area contributed by atoms with Crippen molar-refractivity contribution in [3.8, 4) is 0 Å². The molecular formula is C22H23F3N8O. The number of pyridine rings is 1. The van der Waals surface area contributed by atoms with Crippen LogP contribution in [0.4, 0.5) is 13.2 Å². The Morgan fingerprint density at radius 2 is 1.88 bits per heavy atom. The normalized spacial score (nSPS) is 15.5. The van der Waals surface area contributed by atoms with Gasteiger partial charge in [-0.05, 0) is 50.8 Å². The van der Waals surface area contributed by atoms with Gasteiger partial charge in [-0.1, -0.05) is 6.07 Å². The van der Waals surface area contributed by atoms with Crippen molar-refractivity contribution in [1.29, 1.82) is 0 Å². The van der Waals surface area contributed by atoms with E-state index in [4.69, 9.17) is 0 Å². The van der Waals surface area contributed by atoms with Crippen molar-refractivity contribution in [3.05, 3.63) is 53.0 Å². The maximum atomic E-state index is 13.0. The van der Waals surface area contributed by atoms with Crippen LogP contribution in [0.1, 0.15) is 53.8 Å². The van der Waals surface area contributed by atoms with E-state index in [-0.39, 0.29) is 24.0 Å². The summed E-state index contributed by atoms with van der Waals surface area (Å²) < 4.78 is 42.1. The minimum atomic E-state index is -4.64.